The van der Waals surface area contributed by atoms with E-state index >= 15 is 0 Å². The Morgan fingerprint density at radius 1 is 1.47 bits per heavy atom. The molecule has 0 aliphatic rings. The largest absolute Gasteiger partial charge is 0.478 e. The van der Waals surface area contributed by atoms with E-state index < -0.39 is 5.97 Å². The zero-order chi connectivity index (χ0) is 12.4. The fourth-order valence-electron chi connectivity index (χ4n) is 1.50. The fraction of sp³-hybridized carbons (Fsp3) is 0.167. The van der Waals surface area contributed by atoms with E-state index in [4.69, 9.17) is 9.84 Å². The molecule has 1 heterocycles. The van der Waals surface area contributed by atoms with Crippen LogP contribution in [0.4, 0.5) is 0 Å². The highest BCUT2D eigenvalue weighted by molar-refractivity contribution is 5.91. The highest BCUT2D eigenvalue weighted by atomic mass is 16.5. The summed E-state index contributed by atoms with van der Waals surface area (Å²) in [5.41, 5.74) is 0.890. The van der Waals surface area contributed by atoms with Crippen LogP contribution in [-0.4, -0.2) is 20.6 Å². The quantitative estimate of drug-likeness (QED) is 0.881. The first-order valence-corrected chi connectivity index (χ1v) is 5.07. The molecule has 0 saturated heterocycles. The number of rotatable bonds is 3. The lowest BCUT2D eigenvalue weighted by Gasteiger charge is -2.10. The fourth-order valence-corrected chi connectivity index (χ4v) is 1.50. The molecule has 88 valence electrons. The summed E-state index contributed by atoms with van der Waals surface area (Å²) in [4.78, 5) is 15.1. The van der Waals surface area contributed by atoms with E-state index in [2.05, 4.69) is 4.98 Å². The van der Waals surface area contributed by atoms with Gasteiger partial charge in [-0.25, -0.2) is 9.78 Å². The minimum absolute atomic E-state index is 0.132. The predicted octanol–water partition coefficient (Wildman–Crippen LogP) is 2.22. The van der Waals surface area contributed by atoms with Crippen molar-refractivity contribution in [3.63, 3.8) is 0 Å². The summed E-state index contributed by atoms with van der Waals surface area (Å²) in [6.07, 6.45) is 3.32. The normalized spacial score (nSPS) is 10.2. The van der Waals surface area contributed by atoms with E-state index in [0.29, 0.717) is 11.8 Å². The molecule has 5 heteroatoms. The zero-order valence-corrected chi connectivity index (χ0v) is 9.54. The molecule has 0 atom stereocenters. The van der Waals surface area contributed by atoms with Crippen molar-refractivity contribution in [1.82, 2.24) is 9.55 Å². The van der Waals surface area contributed by atoms with Crippen molar-refractivity contribution < 1.29 is 14.6 Å². The van der Waals surface area contributed by atoms with Gasteiger partial charge in [0.1, 0.15) is 11.3 Å². The summed E-state index contributed by atoms with van der Waals surface area (Å²) in [6, 6.07) is 5.35. The maximum atomic E-state index is 11.1. The second kappa shape index (κ2) is 4.29. The van der Waals surface area contributed by atoms with Gasteiger partial charge in [-0.3, -0.25) is 0 Å². The summed E-state index contributed by atoms with van der Waals surface area (Å²) >= 11 is 0. The molecule has 2 rings (SSSR count). The monoisotopic (exact) mass is 232 g/mol. The highest BCUT2D eigenvalue weighted by Crippen LogP contribution is 2.27. The number of aromatic carboxylic acids is 1. The van der Waals surface area contributed by atoms with Crippen LogP contribution in [-0.2, 0) is 7.05 Å². The molecule has 0 spiro atoms. The number of aryl methyl sites for hydroxylation is 2. The second-order valence-electron chi connectivity index (χ2n) is 3.68. The number of carboxylic acids is 1. The van der Waals surface area contributed by atoms with E-state index in [0.717, 1.165) is 5.56 Å². The number of aromatic nitrogens is 2. The predicted molar refractivity (Wildman–Crippen MR) is 61.4 cm³/mol. The van der Waals surface area contributed by atoms with Crippen LogP contribution in [0.25, 0.3) is 0 Å². The molecule has 0 saturated carbocycles. The smallest absolute Gasteiger partial charge is 0.339 e. The van der Waals surface area contributed by atoms with Gasteiger partial charge >= 0.3 is 12.0 Å². The molecule has 0 amide bonds. The summed E-state index contributed by atoms with van der Waals surface area (Å²) in [7, 11) is 1.78. The van der Waals surface area contributed by atoms with Crippen molar-refractivity contribution in [2.45, 2.75) is 6.92 Å². The second-order valence-corrected chi connectivity index (χ2v) is 3.68. The van der Waals surface area contributed by atoms with E-state index in [-0.39, 0.29) is 5.56 Å². The molecule has 0 aliphatic heterocycles. The van der Waals surface area contributed by atoms with Crippen LogP contribution < -0.4 is 4.74 Å². The Hall–Kier alpha value is -2.30. The van der Waals surface area contributed by atoms with Crippen molar-refractivity contribution in [2.75, 3.05) is 0 Å². The average molecular weight is 232 g/mol. The van der Waals surface area contributed by atoms with Crippen molar-refractivity contribution in [1.29, 1.82) is 0 Å². The number of imidazole rings is 1. The van der Waals surface area contributed by atoms with Gasteiger partial charge in [-0.05, 0) is 18.6 Å². The Labute approximate surface area is 98.3 Å². The third-order valence-electron chi connectivity index (χ3n) is 2.41. The van der Waals surface area contributed by atoms with Crippen LogP contribution in [0.3, 0.4) is 0 Å². The van der Waals surface area contributed by atoms with Gasteiger partial charge in [0.05, 0.1) is 0 Å². The Balaban J connectivity index is 2.45. The van der Waals surface area contributed by atoms with Crippen LogP contribution in [0.2, 0.25) is 0 Å². The summed E-state index contributed by atoms with van der Waals surface area (Å²) in [5.74, 6) is -0.688. The topological polar surface area (TPSA) is 64.3 Å². The Morgan fingerprint density at radius 2 is 2.24 bits per heavy atom. The van der Waals surface area contributed by atoms with Crippen molar-refractivity contribution >= 4 is 5.97 Å². The minimum Gasteiger partial charge on any atom is -0.478 e. The highest BCUT2D eigenvalue weighted by Gasteiger charge is 2.15. The van der Waals surface area contributed by atoms with Gasteiger partial charge < -0.3 is 14.4 Å². The number of carboxylic acid groups (broad SMARTS) is 1. The van der Waals surface area contributed by atoms with Gasteiger partial charge in [0.2, 0.25) is 0 Å². The molecular formula is C12H12N2O3. The zero-order valence-electron chi connectivity index (χ0n) is 9.54. The summed E-state index contributed by atoms with van der Waals surface area (Å²) < 4.78 is 7.22. The number of hydrogen-bond acceptors (Lipinski definition) is 3. The molecule has 0 fully saturated rings. The number of benzene rings is 1. The van der Waals surface area contributed by atoms with E-state index in [9.17, 15) is 4.79 Å². The molecule has 17 heavy (non-hydrogen) atoms. The van der Waals surface area contributed by atoms with Crippen molar-refractivity contribution in [2.24, 2.45) is 7.05 Å². The minimum atomic E-state index is -1.02. The van der Waals surface area contributed by atoms with Crippen LogP contribution in [0.5, 0.6) is 11.8 Å². The Bertz CT molecular complexity index is 561. The number of para-hydroxylation sites is 1. The molecule has 5 nitrogen and oxygen atoms in total. The molecular weight excluding hydrogens is 220 g/mol. The van der Waals surface area contributed by atoms with Gasteiger partial charge in [0.15, 0.2) is 0 Å². The van der Waals surface area contributed by atoms with Crippen LogP contribution >= 0.6 is 0 Å². The summed E-state index contributed by atoms with van der Waals surface area (Å²) in [6.45, 7) is 1.80. The van der Waals surface area contributed by atoms with Crippen molar-refractivity contribution in [3.05, 3.63) is 41.7 Å². The number of carbonyl (C=O) groups is 1. The number of ether oxygens (including phenoxy) is 1. The Morgan fingerprint density at radius 3 is 2.82 bits per heavy atom. The average Bonchev–Trinajstić information content (AvgIpc) is 2.67. The number of hydrogen-bond donors (Lipinski definition) is 1. The molecule has 1 N–H and O–H groups in total. The maximum Gasteiger partial charge on any atom is 0.339 e. The molecule has 2 aromatic rings. The van der Waals surface area contributed by atoms with E-state index in [1.54, 1.807) is 43.1 Å². The lowest BCUT2D eigenvalue weighted by molar-refractivity contribution is 0.0693. The van der Waals surface area contributed by atoms with Crippen LogP contribution in [0, 0.1) is 6.92 Å². The lowest BCUT2D eigenvalue weighted by Crippen LogP contribution is -2.03. The first-order valence-electron chi connectivity index (χ1n) is 5.07. The molecule has 1 aromatic heterocycles. The van der Waals surface area contributed by atoms with Crippen LogP contribution in [0.15, 0.2) is 30.6 Å². The van der Waals surface area contributed by atoms with Crippen LogP contribution in [0.1, 0.15) is 15.9 Å². The molecule has 1 aromatic carbocycles. The third kappa shape index (κ3) is 2.13. The van der Waals surface area contributed by atoms with Gasteiger partial charge in [-0.1, -0.05) is 12.1 Å². The summed E-state index contributed by atoms with van der Waals surface area (Å²) in [5, 5.41) is 9.08. The van der Waals surface area contributed by atoms with Gasteiger partial charge in [-0.2, -0.15) is 0 Å². The van der Waals surface area contributed by atoms with Gasteiger partial charge in [0, 0.05) is 19.4 Å². The van der Waals surface area contributed by atoms with Gasteiger partial charge in [0.25, 0.3) is 0 Å². The first kappa shape index (κ1) is 11.2. The molecule has 0 unspecified atom stereocenters. The molecule has 0 aliphatic carbocycles. The molecule has 0 radical (unpaired) electrons. The Kier molecular flexibility index (Phi) is 2.82. The number of nitrogens with zero attached hydrogens (tertiary/aromatic N) is 2. The van der Waals surface area contributed by atoms with Crippen molar-refractivity contribution in [3.8, 4) is 11.8 Å². The van der Waals surface area contributed by atoms with E-state index in [1.165, 1.54) is 6.07 Å². The lowest BCUT2D eigenvalue weighted by atomic mass is 10.1. The molecule has 0 bridgehead atoms. The first-order chi connectivity index (χ1) is 8.09. The van der Waals surface area contributed by atoms with Gasteiger partial charge in [-0.15, -0.1) is 0 Å². The SMILES string of the molecule is Cc1cccc(C(=O)O)c1Oc1nccn1C. The maximum absolute atomic E-state index is 11.1. The standard InChI is InChI=1S/C12H12N2O3/c1-8-4-3-5-9(11(15)16)10(8)17-12-13-6-7-14(12)2/h3-7H,1-2H3,(H,15,16). The van der Waals surface area contributed by atoms with E-state index in [1.807, 2.05) is 0 Å². The third-order valence-corrected chi connectivity index (χ3v) is 2.41.